The van der Waals surface area contributed by atoms with Crippen LogP contribution >= 0.6 is 0 Å². The van der Waals surface area contributed by atoms with Crippen molar-refractivity contribution in [2.75, 3.05) is 31.6 Å². The van der Waals surface area contributed by atoms with Crippen LogP contribution < -0.4 is 15.5 Å². The van der Waals surface area contributed by atoms with Crippen LogP contribution in [-0.2, 0) is 11.3 Å². The summed E-state index contributed by atoms with van der Waals surface area (Å²) in [7, 11) is 1.50. The average Bonchev–Trinajstić information content (AvgIpc) is 3.54. The first-order valence-corrected chi connectivity index (χ1v) is 12.0. The summed E-state index contributed by atoms with van der Waals surface area (Å²) < 4.78 is 23.4. The molecular formula is C26H28FN5O4. The lowest BCUT2D eigenvalue weighted by Gasteiger charge is -2.45. The maximum Gasteiger partial charge on any atom is 0.407 e. The molecule has 2 amide bonds. The van der Waals surface area contributed by atoms with Crippen molar-refractivity contribution >= 4 is 17.8 Å². The van der Waals surface area contributed by atoms with Gasteiger partial charge < -0.3 is 24.8 Å². The van der Waals surface area contributed by atoms with Crippen LogP contribution in [-0.4, -0.2) is 48.8 Å². The van der Waals surface area contributed by atoms with Gasteiger partial charge in [-0.15, -0.1) is 0 Å². The van der Waals surface area contributed by atoms with E-state index in [4.69, 9.17) is 9.26 Å². The van der Waals surface area contributed by atoms with Crippen molar-refractivity contribution in [3.05, 3.63) is 65.9 Å². The van der Waals surface area contributed by atoms with Crippen LogP contribution in [0.25, 0.3) is 11.1 Å². The van der Waals surface area contributed by atoms with Gasteiger partial charge in [0.1, 0.15) is 11.6 Å². The highest BCUT2D eigenvalue weighted by Crippen LogP contribution is 2.52. The molecule has 0 radical (unpaired) electrons. The normalized spacial score (nSPS) is 20.7. The van der Waals surface area contributed by atoms with Crippen LogP contribution in [0.15, 0.2) is 53.2 Å². The Labute approximate surface area is 208 Å². The van der Waals surface area contributed by atoms with E-state index in [1.165, 1.54) is 25.2 Å². The molecule has 5 rings (SSSR count). The molecule has 0 atom stereocenters. The molecule has 0 bridgehead atoms. The molecule has 188 valence electrons. The Hall–Kier alpha value is -3.95. The van der Waals surface area contributed by atoms with Crippen molar-refractivity contribution in [1.29, 1.82) is 0 Å². The standard InChI is InChI=1S/C26H28FN5O4/c1-28-24(33)22-11-21(36-31-22)15-35-25(34)30-14-17-12-26(13-17)7-9-32(16-26)23-10-19(6-8-29-23)18-2-4-20(27)5-3-18/h2-6,8,10-11,17H,7,9,12-16H2,1H3,(H,28,33)(H,30,34). The second kappa shape index (κ2) is 9.96. The fourth-order valence-electron chi connectivity index (χ4n) is 5.22. The van der Waals surface area contributed by atoms with Crippen molar-refractivity contribution in [3.63, 3.8) is 0 Å². The number of amides is 2. The predicted molar refractivity (Wildman–Crippen MR) is 130 cm³/mol. The van der Waals surface area contributed by atoms with Crippen LogP contribution in [0.1, 0.15) is 35.5 Å². The van der Waals surface area contributed by atoms with E-state index >= 15 is 0 Å². The number of nitrogens with one attached hydrogen (secondary N) is 2. The molecule has 3 heterocycles. The lowest BCUT2D eigenvalue weighted by Crippen LogP contribution is -2.44. The van der Waals surface area contributed by atoms with E-state index in [-0.39, 0.29) is 29.4 Å². The first kappa shape index (κ1) is 23.8. The Morgan fingerprint density at radius 3 is 2.78 bits per heavy atom. The number of anilines is 1. The van der Waals surface area contributed by atoms with Crippen molar-refractivity contribution in [1.82, 2.24) is 20.8 Å². The minimum atomic E-state index is -0.524. The third kappa shape index (κ3) is 5.17. The third-order valence-electron chi connectivity index (χ3n) is 7.03. The van der Waals surface area contributed by atoms with Crippen LogP contribution in [0.4, 0.5) is 15.0 Å². The summed E-state index contributed by atoms with van der Waals surface area (Å²) in [5.74, 6) is 1.03. The van der Waals surface area contributed by atoms with Gasteiger partial charge in [0.2, 0.25) is 0 Å². The fraction of sp³-hybridized carbons (Fsp3) is 0.385. The summed E-state index contributed by atoms with van der Waals surface area (Å²) in [4.78, 5) is 30.5. The van der Waals surface area contributed by atoms with E-state index in [1.54, 1.807) is 18.3 Å². The molecule has 1 aromatic carbocycles. The molecule has 10 heteroatoms. The Morgan fingerprint density at radius 2 is 2.00 bits per heavy atom. The molecule has 2 N–H and O–H groups in total. The van der Waals surface area contributed by atoms with Crippen LogP contribution in [0.5, 0.6) is 0 Å². The molecule has 2 fully saturated rings. The molecule has 1 aliphatic heterocycles. The van der Waals surface area contributed by atoms with Crippen molar-refractivity contribution in [2.45, 2.75) is 25.9 Å². The highest BCUT2D eigenvalue weighted by molar-refractivity contribution is 5.91. The number of pyridine rings is 1. The zero-order valence-electron chi connectivity index (χ0n) is 20.0. The number of rotatable bonds is 7. The second-order valence-electron chi connectivity index (χ2n) is 9.57. The topological polar surface area (TPSA) is 110 Å². The molecule has 1 saturated heterocycles. The predicted octanol–water partition coefficient (Wildman–Crippen LogP) is 3.77. The molecule has 1 spiro atoms. The summed E-state index contributed by atoms with van der Waals surface area (Å²) in [5, 5.41) is 8.90. The number of hydrogen-bond acceptors (Lipinski definition) is 7. The zero-order chi connectivity index (χ0) is 25.1. The summed E-state index contributed by atoms with van der Waals surface area (Å²) in [5.41, 5.74) is 2.37. The van der Waals surface area contributed by atoms with Gasteiger partial charge in [-0.05, 0) is 66.0 Å². The number of aromatic nitrogens is 2. The van der Waals surface area contributed by atoms with Gasteiger partial charge >= 0.3 is 6.09 Å². The van der Waals surface area contributed by atoms with Gasteiger partial charge in [-0.3, -0.25) is 4.79 Å². The SMILES string of the molecule is CNC(=O)c1cc(COC(=O)NCC2CC3(CCN(c4cc(-c5ccc(F)cc5)ccn4)C3)C2)on1. The number of halogens is 1. The molecular weight excluding hydrogens is 465 g/mol. The highest BCUT2D eigenvalue weighted by atomic mass is 19.1. The van der Waals surface area contributed by atoms with E-state index in [1.807, 2.05) is 6.07 Å². The largest absolute Gasteiger partial charge is 0.441 e. The first-order chi connectivity index (χ1) is 17.4. The minimum absolute atomic E-state index is 0.0939. The maximum atomic E-state index is 13.3. The lowest BCUT2D eigenvalue weighted by molar-refractivity contribution is 0.0727. The summed E-state index contributed by atoms with van der Waals surface area (Å²) in [6, 6.07) is 11.9. The Balaban J connectivity index is 1.06. The number of carbonyl (C=O) groups is 2. The number of ether oxygens (including phenoxy) is 1. The van der Waals surface area contributed by atoms with Gasteiger partial charge in [0.25, 0.3) is 5.91 Å². The molecule has 0 unspecified atom stereocenters. The summed E-state index contributed by atoms with van der Waals surface area (Å²) >= 11 is 0. The van der Waals surface area contributed by atoms with E-state index < -0.39 is 6.09 Å². The molecule has 9 nitrogen and oxygen atoms in total. The van der Waals surface area contributed by atoms with Crippen LogP contribution in [0.3, 0.4) is 0 Å². The Morgan fingerprint density at radius 1 is 1.19 bits per heavy atom. The summed E-state index contributed by atoms with van der Waals surface area (Å²) in [6.07, 6.45) is 4.45. The molecule has 1 aliphatic carbocycles. The monoisotopic (exact) mass is 493 g/mol. The van der Waals surface area contributed by atoms with E-state index in [9.17, 15) is 14.0 Å². The fourth-order valence-corrected chi connectivity index (χ4v) is 5.22. The van der Waals surface area contributed by atoms with Crippen LogP contribution in [0.2, 0.25) is 0 Å². The maximum absolute atomic E-state index is 13.3. The first-order valence-electron chi connectivity index (χ1n) is 12.0. The Kier molecular flexibility index (Phi) is 6.58. The minimum Gasteiger partial charge on any atom is -0.441 e. The van der Waals surface area contributed by atoms with Crippen LogP contribution in [0, 0.1) is 17.2 Å². The van der Waals surface area contributed by atoms with Gasteiger partial charge in [0, 0.05) is 38.9 Å². The van der Waals surface area contributed by atoms with E-state index in [0.29, 0.717) is 18.2 Å². The number of alkyl carbamates (subject to hydrolysis) is 1. The van der Waals surface area contributed by atoms with Gasteiger partial charge in [-0.25, -0.2) is 14.2 Å². The van der Waals surface area contributed by atoms with Crippen molar-refractivity contribution in [3.8, 4) is 11.1 Å². The highest BCUT2D eigenvalue weighted by Gasteiger charge is 2.48. The number of hydrogen-bond donors (Lipinski definition) is 2. The van der Waals surface area contributed by atoms with Crippen molar-refractivity contribution < 1.29 is 23.2 Å². The number of carbonyl (C=O) groups excluding carboxylic acids is 2. The van der Waals surface area contributed by atoms with Gasteiger partial charge in [0.15, 0.2) is 18.1 Å². The molecule has 1 saturated carbocycles. The third-order valence-corrected chi connectivity index (χ3v) is 7.03. The zero-order valence-corrected chi connectivity index (χ0v) is 20.0. The quantitative estimate of drug-likeness (QED) is 0.516. The number of benzene rings is 1. The summed E-state index contributed by atoms with van der Waals surface area (Å²) in [6.45, 7) is 2.34. The van der Waals surface area contributed by atoms with Gasteiger partial charge in [-0.1, -0.05) is 17.3 Å². The Bertz CT molecular complexity index is 1240. The van der Waals surface area contributed by atoms with Gasteiger partial charge in [-0.2, -0.15) is 0 Å². The lowest BCUT2D eigenvalue weighted by atomic mass is 9.61. The van der Waals surface area contributed by atoms with E-state index in [2.05, 4.69) is 31.7 Å². The van der Waals surface area contributed by atoms with E-state index in [0.717, 1.165) is 49.3 Å². The molecule has 3 aromatic rings. The molecule has 36 heavy (non-hydrogen) atoms. The molecule has 2 aliphatic rings. The number of nitrogens with zero attached hydrogens (tertiary/aromatic N) is 3. The smallest absolute Gasteiger partial charge is 0.407 e. The second-order valence-corrected chi connectivity index (χ2v) is 9.57. The average molecular weight is 494 g/mol. The van der Waals surface area contributed by atoms with Gasteiger partial charge in [0.05, 0.1) is 0 Å². The molecule has 2 aromatic heterocycles. The van der Waals surface area contributed by atoms with Crippen molar-refractivity contribution in [2.24, 2.45) is 11.3 Å².